The maximum Gasteiger partial charge on any atom is 0.0737 e. The van der Waals surface area contributed by atoms with E-state index in [4.69, 9.17) is 22.8 Å². The number of rotatable bonds is 4. The van der Waals surface area contributed by atoms with Gasteiger partial charge in [0.15, 0.2) is 0 Å². The zero-order chi connectivity index (χ0) is 48.5. The van der Waals surface area contributed by atoms with Gasteiger partial charge in [0, 0.05) is 67.2 Å². The molecular formula is C64H62N4. The Morgan fingerprint density at radius 3 is 1.12 bits per heavy atom. The summed E-state index contributed by atoms with van der Waals surface area (Å²) < 4.78 is 0. The minimum absolute atomic E-state index is 0.0911. The first-order chi connectivity index (χ1) is 32.1. The zero-order valence-electron chi connectivity index (χ0n) is 41.8. The van der Waals surface area contributed by atoms with Crippen LogP contribution in [0.5, 0.6) is 0 Å². The predicted molar refractivity (Wildman–Crippen MR) is 292 cm³/mol. The van der Waals surface area contributed by atoms with E-state index in [1.165, 1.54) is 22.3 Å². The highest BCUT2D eigenvalue weighted by Crippen LogP contribution is 2.44. The van der Waals surface area contributed by atoms with Crippen LogP contribution >= 0.6 is 0 Å². The van der Waals surface area contributed by atoms with Crippen molar-refractivity contribution in [3.05, 3.63) is 166 Å². The van der Waals surface area contributed by atoms with Crippen LogP contribution in [-0.4, -0.2) is 21.2 Å². The summed E-state index contributed by atoms with van der Waals surface area (Å²) in [6.07, 6.45) is 18.0. The minimum atomic E-state index is -0.0959. The molecule has 0 aliphatic carbocycles. The van der Waals surface area contributed by atoms with Gasteiger partial charge in [0.25, 0.3) is 0 Å². The first-order valence-electron chi connectivity index (χ1n) is 23.7. The fraction of sp³-hybridized carbons (Fsp3) is 0.250. The SMILES string of the molecule is C#Cc1ccc(-c2c3nc(c(-c4ccc(C#C)cc4)c4ccc([nH]4)c(-c4cc(C(C)(C)C)cc(C(C)(C)C)c4)c4cc(c(-c5cc(C(C)(C)C)cc(C(C)(C)C)c5)c5ccc2[nH]5)C=N4)C=C3)cc1. The highest BCUT2D eigenvalue weighted by atomic mass is 14.8. The maximum absolute atomic E-state index is 5.87. The third-order valence-electron chi connectivity index (χ3n) is 13.4. The Labute approximate surface area is 403 Å². The fourth-order valence-corrected chi connectivity index (χ4v) is 9.19. The van der Waals surface area contributed by atoms with Crippen LogP contribution in [0.3, 0.4) is 0 Å². The molecule has 9 rings (SSSR count). The van der Waals surface area contributed by atoms with Gasteiger partial charge in [-0.15, -0.1) is 12.8 Å². The molecule has 4 heteroatoms. The van der Waals surface area contributed by atoms with Gasteiger partial charge in [-0.3, -0.25) is 4.99 Å². The number of terminal acetylenes is 2. The molecule has 0 radical (unpaired) electrons. The summed E-state index contributed by atoms with van der Waals surface area (Å²) in [5, 5.41) is 0. The Morgan fingerprint density at radius 2 is 0.750 bits per heavy atom. The van der Waals surface area contributed by atoms with Gasteiger partial charge in [0.1, 0.15) is 0 Å². The van der Waals surface area contributed by atoms with Crippen LogP contribution in [0.2, 0.25) is 0 Å². The van der Waals surface area contributed by atoms with Crippen molar-refractivity contribution in [2.75, 3.05) is 0 Å². The normalized spacial score (nSPS) is 12.9. The molecule has 2 aliphatic heterocycles. The van der Waals surface area contributed by atoms with Crippen LogP contribution in [-0.2, 0) is 21.7 Å². The lowest BCUT2D eigenvalue weighted by Gasteiger charge is -2.26. The highest BCUT2D eigenvalue weighted by molar-refractivity contribution is 6.05. The largest absolute Gasteiger partial charge is 0.354 e. The fourth-order valence-electron chi connectivity index (χ4n) is 9.19. The number of H-pyrrole nitrogens is 2. The average molecular weight is 887 g/mol. The van der Waals surface area contributed by atoms with Crippen LogP contribution < -0.4 is 0 Å². The molecule has 0 amide bonds. The van der Waals surface area contributed by atoms with Gasteiger partial charge in [-0.05, 0) is 133 Å². The van der Waals surface area contributed by atoms with Crippen LogP contribution in [0.1, 0.15) is 133 Å². The molecule has 2 N–H and O–H groups in total. The summed E-state index contributed by atoms with van der Waals surface area (Å²) in [7, 11) is 0. The Hall–Kier alpha value is -7.40. The molecule has 8 bridgehead atoms. The van der Waals surface area contributed by atoms with E-state index in [1.54, 1.807) is 0 Å². The lowest BCUT2D eigenvalue weighted by molar-refractivity contribution is 0.568. The Morgan fingerprint density at radius 1 is 0.397 bits per heavy atom. The highest BCUT2D eigenvalue weighted by Gasteiger charge is 2.26. The van der Waals surface area contributed by atoms with Gasteiger partial charge >= 0.3 is 0 Å². The molecule has 5 heterocycles. The number of nitrogens with zero attached hydrogens (tertiary/aromatic N) is 2. The molecule has 4 aromatic carbocycles. The summed E-state index contributed by atoms with van der Waals surface area (Å²) in [5.74, 6) is 5.59. The van der Waals surface area contributed by atoms with E-state index in [2.05, 4.69) is 214 Å². The topological polar surface area (TPSA) is 56.8 Å². The maximum atomic E-state index is 5.87. The summed E-state index contributed by atoms with van der Waals surface area (Å²) in [5.41, 5.74) is 22.0. The second-order valence-corrected chi connectivity index (χ2v) is 22.6. The van der Waals surface area contributed by atoms with E-state index in [1.807, 2.05) is 24.3 Å². The smallest absolute Gasteiger partial charge is 0.0737 e. The number of benzene rings is 4. The van der Waals surface area contributed by atoms with Gasteiger partial charge in [-0.2, -0.15) is 0 Å². The molecule has 0 saturated heterocycles. The number of hydrogen-bond donors (Lipinski definition) is 2. The van der Waals surface area contributed by atoms with Crippen LogP contribution in [0.25, 0.3) is 78.7 Å². The third kappa shape index (κ3) is 8.80. The number of nitrogens with one attached hydrogen (secondary N) is 2. The van der Waals surface area contributed by atoms with Crippen molar-refractivity contribution < 1.29 is 0 Å². The third-order valence-corrected chi connectivity index (χ3v) is 13.4. The Kier molecular flexibility index (Phi) is 11.3. The van der Waals surface area contributed by atoms with E-state index in [-0.39, 0.29) is 21.7 Å². The lowest BCUT2D eigenvalue weighted by Crippen LogP contribution is -2.16. The number of fused-ring (bicyclic) bond motifs is 8. The average Bonchev–Trinajstić information content (AvgIpc) is 4.14. The van der Waals surface area contributed by atoms with Crippen molar-refractivity contribution in [3.63, 3.8) is 0 Å². The summed E-state index contributed by atoms with van der Waals surface area (Å²) >= 11 is 0. The Balaban J connectivity index is 1.50. The van der Waals surface area contributed by atoms with E-state index in [0.29, 0.717) is 0 Å². The van der Waals surface area contributed by atoms with E-state index < -0.39 is 0 Å². The second kappa shape index (κ2) is 16.7. The molecule has 338 valence electrons. The van der Waals surface area contributed by atoms with E-state index >= 15 is 0 Å². The van der Waals surface area contributed by atoms with Gasteiger partial charge in [-0.1, -0.05) is 156 Å². The van der Waals surface area contributed by atoms with Crippen LogP contribution in [0.4, 0.5) is 5.69 Å². The van der Waals surface area contributed by atoms with Crippen molar-refractivity contribution >= 4 is 46.1 Å². The van der Waals surface area contributed by atoms with Crippen LogP contribution in [0.15, 0.2) is 120 Å². The summed E-state index contributed by atoms with van der Waals surface area (Å²) in [6, 6.07) is 41.7. The number of aromatic amines is 2. The quantitative estimate of drug-likeness (QED) is 0.170. The standard InChI is InChI=1S/C64H62N4/c1-15-39-17-21-41(22-18-39)58-51-26-25-50(66-51)57(43-31-46(61(3,4)5)36-47(32-43)62(6,7)8)45-35-56(65-38-45)60(44-33-48(63(9,10)11)37-49(34-44)64(12,13)14)55-30-29-54(68-55)59(53-28-27-52(58)67-53)42-23-19-40(16-2)20-24-42/h1-2,17-38,66,68H,3-14H3. The first kappa shape index (κ1) is 45.7. The van der Waals surface area contributed by atoms with Crippen LogP contribution in [0, 0.1) is 24.7 Å². The van der Waals surface area contributed by atoms with Crippen molar-refractivity contribution in [1.29, 1.82) is 0 Å². The monoisotopic (exact) mass is 886 g/mol. The minimum Gasteiger partial charge on any atom is -0.354 e. The number of aliphatic imine (C=N–C) groups is 1. The second-order valence-electron chi connectivity index (χ2n) is 22.6. The molecule has 0 saturated carbocycles. The van der Waals surface area contributed by atoms with E-state index in [9.17, 15) is 0 Å². The number of aromatic nitrogens is 3. The van der Waals surface area contributed by atoms with Crippen molar-refractivity contribution in [2.24, 2.45) is 4.99 Å². The number of hydrogen-bond acceptors (Lipinski definition) is 2. The molecule has 68 heavy (non-hydrogen) atoms. The molecule has 3 aromatic heterocycles. The van der Waals surface area contributed by atoms with Gasteiger partial charge in [0.2, 0.25) is 0 Å². The Bertz CT molecular complexity index is 3170. The van der Waals surface area contributed by atoms with Crippen molar-refractivity contribution in [1.82, 2.24) is 15.0 Å². The lowest BCUT2D eigenvalue weighted by atomic mass is 9.78. The summed E-state index contributed by atoms with van der Waals surface area (Å²) in [4.78, 5) is 18.8. The predicted octanol–water partition coefficient (Wildman–Crippen LogP) is 16.7. The molecule has 0 unspecified atom stereocenters. The summed E-state index contributed by atoms with van der Waals surface area (Å²) in [6.45, 7) is 27.5. The molecule has 0 fully saturated rings. The van der Waals surface area contributed by atoms with Crippen molar-refractivity contribution in [3.8, 4) is 69.2 Å². The first-order valence-corrected chi connectivity index (χ1v) is 23.7. The molecule has 2 aliphatic rings. The van der Waals surface area contributed by atoms with Gasteiger partial charge < -0.3 is 9.97 Å². The molecular weight excluding hydrogens is 825 g/mol. The van der Waals surface area contributed by atoms with Crippen molar-refractivity contribution in [2.45, 2.75) is 105 Å². The molecule has 0 spiro atoms. The van der Waals surface area contributed by atoms with Gasteiger partial charge in [0.05, 0.1) is 17.1 Å². The molecule has 0 atom stereocenters. The zero-order valence-corrected chi connectivity index (χ0v) is 41.8. The molecule has 7 aromatic rings. The van der Waals surface area contributed by atoms with E-state index in [0.717, 1.165) is 100 Å². The molecule has 4 nitrogen and oxygen atoms in total. The van der Waals surface area contributed by atoms with Gasteiger partial charge in [-0.25, -0.2) is 4.98 Å².